The zero-order valence-electron chi connectivity index (χ0n) is 14.7. The second-order valence-corrected chi connectivity index (χ2v) is 5.70. The van der Waals surface area contributed by atoms with Crippen LogP contribution in [0.3, 0.4) is 0 Å². The van der Waals surface area contributed by atoms with E-state index in [0.29, 0.717) is 11.3 Å². The van der Waals surface area contributed by atoms with Gasteiger partial charge in [0.15, 0.2) is 0 Å². The molecule has 26 heavy (non-hydrogen) atoms. The summed E-state index contributed by atoms with van der Waals surface area (Å²) in [6.07, 6.45) is 3.45. The molecule has 1 atom stereocenters. The van der Waals surface area contributed by atoms with Gasteiger partial charge in [0, 0.05) is 18.0 Å². The highest BCUT2D eigenvalue weighted by Crippen LogP contribution is 2.25. The van der Waals surface area contributed by atoms with Crippen LogP contribution in [0.5, 0.6) is 11.5 Å². The maximum atomic E-state index is 12.8. The summed E-state index contributed by atoms with van der Waals surface area (Å²) in [5.41, 5.74) is 2.37. The molecule has 0 aliphatic rings. The molecule has 0 radical (unpaired) electrons. The van der Waals surface area contributed by atoms with Crippen molar-refractivity contribution in [3.05, 3.63) is 89.7 Å². The first-order valence-corrected chi connectivity index (χ1v) is 8.20. The average molecular weight is 348 g/mol. The Morgan fingerprint density at radius 1 is 0.923 bits per heavy atom. The largest absolute Gasteiger partial charge is 0.497 e. The van der Waals surface area contributed by atoms with Gasteiger partial charge in [0.05, 0.1) is 20.3 Å². The van der Waals surface area contributed by atoms with E-state index in [0.717, 1.165) is 16.9 Å². The summed E-state index contributed by atoms with van der Waals surface area (Å²) < 4.78 is 10.5. The predicted octanol–water partition coefficient (Wildman–Crippen LogP) is 3.62. The minimum Gasteiger partial charge on any atom is -0.497 e. The Morgan fingerprint density at radius 2 is 1.65 bits per heavy atom. The lowest BCUT2D eigenvalue weighted by Gasteiger charge is -2.20. The second kappa shape index (κ2) is 8.16. The van der Waals surface area contributed by atoms with E-state index in [4.69, 9.17) is 9.47 Å². The van der Waals surface area contributed by atoms with E-state index in [1.807, 2.05) is 36.4 Å². The molecule has 1 amide bonds. The fourth-order valence-electron chi connectivity index (χ4n) is 2.68. The molecule has 1 heterocycles. The van der Waals surface area contributed by atoms with Crippen LogP contribution >= 0.6 is 0 Å². The fourth-order valence-corrected chi connectivity index (χ4v) is 2.68. The molecule has 1 N–H and O–H groups in total. The van der Waals surface area contributed by atoms with Gasteiger partial charge in [0.25, 0.3) is 5.91 Å². The van der Waals surface area contributed by atoms with Crippen molar-refractivity contribution in [2.75, 3.05) is 14.2 Å². The molecule has 5 heteroatoms. The molecule has 0 aliphatic carbocycles. The summed E-state index contributed by atoms with van der Waals surface area (Å²) in [7, 11) is 3.21. The van der Waals surface area contributed by atoms with Gasteiger partial charge in [-0.25, -0.2) is 0 Å². The van der Waals surface area contributed by atoms with Crippen molar-refractivity contribution in [2.24, 2.45) is 0 Å². The Labute approximate surface area is 152 Å². The van der Waals surface area contributed by atoms with Gasteiger partial charge in [-0.2, -0.15) is 0 Å². The van der Waals surface area contributed by atoms with E-state index >= 15 is 0 Å². The summed E-state index contributed by atoms with van der Waals surface area (Å²) in [4.78, 5) is 16.9. The molecule has 132 valence electrons. The number of carbonyl (C=O) groups excluding carboxylic acids is 1. The molecule has 0 aliphatic heterocycles. The van der Waals surface area contributed by atoms with Crippen molar-refractivity contribution in [1.29, 1.82) is 0 Å². The van der Waals surface area contributed by atoms with Crippen molar-refractivity contribution < 1.29 is 14.3 Å². The number of methoxy groups -OCH3 is 2. The van der Waals surface area contributed by atoms with Gasteiger partial charge in [-0.15, -0.1) is 0 Å². The normalized spacial score (nSPS) is 11.5. The van der Waals surface area contributed by atoms with Crippen molar-refractivity contribution in [3.8, 4) is 11.5 Å². The van der Waals surface area contributed by atoms with E-state index in [1.165, 1.54) is 0 Å². The van der Waals surface area contributed by atoms with Crippen LogP contribution < -0.4 is 14.8 Å². The number of hydrogen-bond donors (Lipinski definition) is 1. The van der Waals surface area contributed by atoms with Gasteiger partial charge in [0.2, 0.25) is 0 Å². The van der Waals surface area contributed by atoms with Crippen LogP contribution in [0.1, 0.15) is 27.5 Å². The van der Waals surface area contributed by atoms with Crippen LogP contribution in [0.2, 0.25) is 0 Å². The number of amides is 1. The lowest BCUT2D eigenvalue weighted by atomic mass is 9.99. The smallest absolute Gasteiger partial charge is 0.252 e. The fraction of sp³-hybridized carbons (Fsp3) is 0.143. The van der Waals surface area contributed by atoms with Crippen LogP contribution in [-0.2, 0) is 0 Å². The Bertz CT molecular complexity index is 864. The predicted molar refractivity (Wildman–Crippen MR) is 99.5 cm³/mol. The number of carbonyl (C=O) groups is 1. The van der Waals surface area contributed by atoms with Crippen molar-refractivity contribution in [3.63, 3.8) is 0 Å². The first-order chi connectivity index (χ1) is 12.7. The average Bonchev–Trinajstić information content (AvgIpc) is 2.72. The zero-order chi connectivity index (χ0) is 18.4. The third kappa shape index (κ3) is 4.00. The molecule has 0 unspecified atom stereocenters. The van der Waals surface area contributed by atoms with E-state index in [-0.39, 0.29) is 11.9 Å². The van der Waals surface area contributed by atoms with E-state index in [2.05, 4.69) is 10.3 Å². The van der Waals surface area contributed by atoms with Gasteiger partial charge in [-0.05, 0) is 53.6 Å². The number of pyridine rings is 1. The van der Waals surface area contributed by atoms with Crippen LogP contribution in [0.4, 0.5) is 0 Å². The number of hydrogen-bond acceptors (Lipinski definition) is 4. The molecular formula is C21H20N2O3. The second-order valence-electron chi connectivity index (χ2n) is 5.70. The highest BCUT2D eigenvalue weighted by atomic mass is 16.5. The standard InChI is InChI=1S/C21H20N2O3/c1-25-18-10-8-15(9-11-18)21(24)23-20(17-6-4-12-22-14-17)16-5-3-7-19(13-16)26-2/h3-14,20H,1-2H3,(H,23,24)/t20-/m1/s1. The molecule has 2 aromatic carbocycles. The lowest BCUT2D eigenvalue weighted by molar-refractivity contribution is 0.0943. The van der Waals surface area contributed by atoms with E-state index in [1.54, 1.807) is 50.9 Å². The van der Waals surface area contributed by atoms with Crippen LogP contribution in [0.25, 0.3) is 0 Å². The summed E-state index contributed by atoms with van der Waals surface area (Å²) in [6, 6.07) is 18.1. The number of ether oxygens (including phenoxy) is 2. The zero-order valence-corrected chi connectivity index (χ0v) is 14.7. The maximum absolute atomic E-state index is 12.8. The van der Waals surface area contributed by atoms with Gasteiger partial charge < -0.3 is 14.8 Å². The van der Waals surface area contributed by atoms with Crippen molar-refractivity contribution in [2.45, 2.75) is 6.04 Å². The van der Waals surface area contributed by atoms with Crippen molar-refractivity contribution >= 4 is 5.91 Å². The molecule has 1 aromatic heterocycles. The number of benzene rings is 2. The minimum absolute atomic E-state index is 0.177. The number of nitrogens with one attached hydrogen (secondary N) is 1. The van der Waals surface area contributed by atoms with Gasteiger partial charge >= 0.3 is 0 Å². The third-order valence-corrected chi connectivity index (χ3v) is 4.07. The van der Waals surface area contributed by atoms with Crippen molar-refractivity contribution in [1.82, 2.24) is 10.3 Å². The molecule has 3 rings (SSSR count). The SMILES string of the molecule is COc1ccc(C(=O)N[C@@H](c2cccnc2)c2cccc(OC)c2)cc1. The number of nitrogens with zero attached hydrogens (tertiary/aromatic N) is 1. The maximum Gasteiger partial charge on any atom is 0.252 e. The first-order valence-electron chi connectivity index (χ1n) is 8.20. The third-order valence-electron chi connectivity index (χ3n) is 4.07. The topological polar surface area (TPSA) is 60.5 Å². The highest BCUT2D eigenvalue weighted by Gasteiger charge is 2.18. The molecule has 0 bridgehead atoms. The van der Waals surface area contributed by atoms with Gasteiger partial charge in [-0.1, -0.05) is 18.2 Å². The van der Waals surface area contributed by atoms with E-state index in [9.17, 15) is 4.79 Å². The number of rotatable bonds is 6. The minimum atomic E-state index is -0.339. The monoisotopic (exact) mass is 348 g/mol. The molecule has 0 saturated heterocycles. The summed E-state index contributed by atoms with van der Waals surface area (Å²) in [5.74, 6) is 1.26. The molecular weight excluding hydrogens is 328 g/mol. The summed E-state index contributed by atoms with van der Waals surface area (Å²) in [6.45, 7) is 0. The van der Waals surface area contributed by atoms with Gasteiger partial charge in [-0.3, -0.25) is 9.78 Å². The highest BCUT2D eigenvalue weighted by molar-refractivity contribution is 5.94. The molecule has 0 saturated carbocycles. The van der Waals surface area contributed by atoms with E-state index < -0.39 is 0 Å². The van der Waals surface area contributed by atoms with Gasteiger partial charge in [0.1, 0.15) is 11.5 Å². The van der Waals surface area contributed by atoms with Crippen LogP contribution in [-0.4, -0.2) is 25.1 Å². The lowest BCUT2D eigenvalue weighted by Crippen LogP contribution is -2.29. The molecule has 0 spiro atoms. The quantitative estimate of drug-likeness (QED) is 0.739. The molecule has 5 nitrogen and oxygen atoms in total. The first kappa shape index (κ1) is 17.5. The Kier molecular flexibility index (Phi) is 5.49. The van der Waals surface area contributed by atoms with Crippen LogP contribution in [0.15, 0.2) is 73.1 Å². The Morgan fingerprint density at radius 3 is 2.31 bits per heavy atom. The number of aromatic nitrogens is 1. The summed E-state index contributed by atoms with van der Waals surface area (Å²) in [5, 5.41) is 3.08. The summed E-state index contributed by atoms with van der Waals surface area (Å²) >= 11 is 0. The Hall–Kier alpha value is -3.34. The Balaban J connectivity index is 1.91. The molecule has 0 fully saturated rings. The van der Waals surface area contributed by atoms with Crippen LogP contribution in [0, 0.1) is 0 Å². The molecule has 3 aromatic rings.